The zero-order chi connectivity index (χ0) is 13.0. The van der Waals surface area contributed by atoms with E-state index < -0.39 is 0 Å². The normalized spacial score (nSPS) is 20.2. The lowest BCUT2D eigenvalue weighted by molar-refractivity contribution is -0.0469. The molecule has 1 saturated carbocycles. The minimum absolute atomic E-state index is 0.156. The summed E-state index contributed by atoms with van der Waals surface area (Å²) in [6, 6.07) is -0.156. The van der Waals surface area contributed by atoms with E-state index in [4.69, 9.17) is 15.0 Å². The van der Waals surface area contributed by atoms with Gasteiger partial charge in [0.25, 0.3) is 0 Å². The van der Waals surface area contributed by atoms with Crippen molar-refractivity contribution < 1.29 is 9.26 Å². The second-order valence-corrected chi connectivity index (χ2v) is 4.99. The number of hydrogen-bond donors (Lipinski definition) is 1. The van der Waals surface area contributed by atoms with Crippen LogP contribution < -0.4 is 5.73 Å². The molecule has 0 aliphatic heterocycles. The Morgan fingerprint density at radius 1 is 1.39 bits per heavy atom. The molecule has 18 heavy (non-hydrogen) atoms. The number of rotatable bonds is 6. The van der Waals surface area contributed by atoms with Gasteiger partial charge in [-0.2, -0.15) is 4.98 Å². The maximum atomic E-state index is 6.00. The Labute approximate surface area is 108 Å². The Morgan fingerprint density at radius 2 is 2.11 bits per heavy atom. The van der Waals surface area contributed by atoms with E-state index in [1.165, 1.54) is 0 Å². The molecular formula is C13H23N3O2. The predicted octanol–water partition coefficient (Wildman–Crippen LogP) is 2.68. The Bertz CT molecular complexity index is 372. The van der Waals surface area contributed by atoms with Gasteiger partial charge in [0.1, 0.15) is 5.60 Å². The van der Waals surface area contributed by atoms with Gasteiger partial charge in [-0.25, -0.2) is 0 Å². The van der Waals surface area contributed by atoms with Crippen LogP contribution in [0.2, 0.25) is 0 Å². The van der Waals surface area contributed by atoms with Crippen LogP contribution in [0.15, 0.2) is 4.52 Å². The monoisotopic (exact) mass is 253 g/mol. The van der Waals surface area contributed by atoms with Gasteiger partial charge in [0.15, 0.2) is 0 Å². The highest BCUT2D eigenvalue weighted by molar-refractivity contribution is 5.05. The van der Waals surface area contributed by atoms with Gasteiger partial charge in [-0.1, -0.05) is 18.5 Å². The first-order valence-electron chi connectivity index (χ1n) is 6.95. The maximum Gasteiger partial charge on any atom is 0.243 e. The molecule has 1 unspecified atom stereocenters. The van der Waals surface area contributed by atoms with Gasteiger partial charge >= 0.3 is 0 Å². The molecule has 0 saturated heterocycles. The fourth-order valence-electron chi connectivity index (χ4n) is 2.66. The van der Waals surface area contributed by atoms with Gasteiger partial charge in [-0.05, 0) is 39.0 Å². The first-order valence-corrected chi connectivity index (χ1v) is 6.95. The van der Waals surface area contributed by atoms with Crippen LogP contribution in [0.4, 0.5) is 0 Å². The molecule has 0 aromatic carbocycles. The molecule has 1 aliphatic carbocycles. The third-order valence-electron chi connectivity index (χ3n) is 3.60. The molecule has 1 atom stereocenters. The Morgan fingerprint density at radius 3 is 2.72 bits per heavy atom. The van der Waals surface area contributed by atoms with Crippen molar-refractivity contribution in [3.63, 3.8) is 0 Å². The van der Waals surface area contributed by atoms with E-state index in [-0.39, 0.29) is 11.6 Å². The van der Waals surface area contributed by atoms with Crippen molar-refractivity contribution in [1.82, 2.24) is 10.1 Å². The smallest absolute Gasteiger partial charge is 0.243 e. The molecule has 0 spiro atoms. The molecule has 0 amide bonds. The SMILES string of the molecule is CCCC(N)c1nc(C2(OCC)CCCC2)no1. The molecule has 1 aromatic rings. The highest BCUT2D eigenvalue weighted by Gasteiger charge is 2.41. The summed E-state index contributed by atoms with van der Waals surface area (Å²) in [4.78, 5) is 4.47. The van der Waals surface area contributed by atoms with Gasteiger partial charge in [0, 0.05) is 6.61 Å². The number of hydrogen-bond acceptors (Lipinski definition) is 5. The molecule has 1 aliphatic rings. The van der Waals surface area contributed by atoms with E-state index in [1.807, 2.05) is 6.92 Å². The average molecular weight is 253 g/mol. The molecule has 1 aromatic heterocycles. The first-order chi connectivity index (χ1) is 8.72. The Balaban J connectivity index is 2.16. The van der Waals surface area contributed by atoms with E-state index in [1.54, 1.807) is 0 Å². The second kappa shape index (κ2) is 5.80. The highest BCUT2D eigenvalue weighted by atomic mass is 16.5. The van der Waals surface area contributed by atoms with Crippen molar-refractivity contribution in [3.05, 3.63) is 11.7 Å². The number of nitrogens with zero attached hydrogens (tertiary/aromatic N) is 2. The third kappa shape index (κ3) is 2.57. The summed E-state index contributed by atoms with van der Waals surface area (Å²) < 4.78 is 11.2. The van der Waals surface area contributed by atoms with Crippen LogP contribution in [0.3, 0.4) is 0 Å². The number of nitrogens with two attached hydrogens (primary N) is 1. The lowest BCUT2D eigenvalue weighted by Gasteiger charge is -2.24. The highest BCUT2D eigenvalue weighted by Crippen LogP contribution is 2.40. The van der Waals surface area contributed by atoms with E-state index >= 15 is 0 Å². The molecule has 5 nitrogen and oxygen atoms in total. The van der Waals surface area contributed by atoms with Gasteiger partial charge < -0.3 is 15.0 Å². The first kappa shape index (κ1) is 13.5. The van der Waals surface area contributed by atoms with Crippen LogP contribution in [-0.2, 0) is 10.3 Å². The summed E-state index contributed by atoms with van der Waals surface area (Å²) in [5, 5.41) is 4.10. The topological polar surface area (TPSA) is 74.2 Å². The number of aromatic nitrogens is 2. The molecule has 1 fully saturated rings. The minimum Gasteiger partial charge on any atom is -0.367 e. The Kier molecular flexibility index (Phi) is 4.35. The molecule has 2 rings (SSSR count). The predicted molar refractivity (Wildman–Crippen MR) is 67.9 cm³/mol. The minimum atomic E-state index is -0.331. The summed E-state index contributed by atoms with van der Waals surface area (Å²) in [7, 11) is 0. The van der Waals surface area contributed by atoms with Crippen LogP contribution in [-0.4, -0.2) is 16.7 Å². The second-order valence-electron chi connectivity index (χ2n) is 4.99. The molecule has 0 bridgehead atoms. The van der Waals surface area contributed by atoms with Crippen molar-refractivity contribution in [2.45, 2.75) is 64.0 Å². The lowest BCUT2D eigenvalue weighted by Crippen LogP contribution is -2.27. The van der Waals surface area contributed by atoms with Crippen LogP contribution in [0, 0.1) is 0 Å². The standard InChI is InChI=1S/C13H23N3O2/c1-3-7-10(14)11-15-12(16-18-11)13(17-4-2)8-5-6-9-13/h10H,3-9,14H2,1-2H3. The molecule has 0 radical (unpaired) electrons. The maximum absolute atomic E-state index is 6.00. The van der Waals surface area contributed by atoms with Gasteiger partial charge in [-0.15, -0.1) is 0 Å². The van der Waals surface area contributed by atoms with Gasteiger partial charge in [0.05, 0.1) is 6.04 Å². The molecular weight excluding hydrogens is 230 g/mol. The quantitative estimate of drug-likeness (QED) is 0.843. The summed E-state index contributed by atoms with van der Waals surface area (Å²) in [6.07, 6.45) is 6.14. The summed E-state index contributed by atoms with van der Waals surface area (Å²) in [6.45, 7) is 4.77. The summed E-state index contributed by atoms with van der Waals surface area (Å²) >= 11 is 0. The van der Waals surface area contributed by atoms with Crippen LogP contribution in [0.25, 0.3) is 0 Å². The van der Waals surface area contributed by atoms with Gasteiger partial charge in [0.2, 0.25) is 11.7 Å². The molecule has 1 heterocycles. The average Bonchev–Trinajstić information content (AvgIpc) is 2.98. The molecule has 2 N–H and O–H groups in total. The zero-order valence-electron chi connectivity index (χ0n) is 11.3. The van der Waals surface area contributed by atoms with Crippen molar-refractivity contribution in [2.75, 3.05) is 6.61 Å². The van der Waals surface area contributed by atoms with Gasteiger partial charge in [-0.3, -0.25) is 0 Å². The fraction of sp³-hybridized carbons (Fsp3) is 0.846. The van der Waals surface area contributed by atoms with Crippen molar-refractivity contribution in [1.29, 1.82) is 0 Å². The fourth-order valence-corrected chi connectivity index (χ4v) is 2.66. The zero-order valence-corrected chi connectivity index (χ0v) is 11.3. The van der Waals surface area contributed by atoms with Crippen LogP contribution in [0.1, 0.15) is 70.1 Å². The van der Waals surface area contributed by atoms with Crippen molar-refractivity contribution in [3.8, 4) is 0 Å². The van der Waals surface area contributed by atoms with E-state index in [9.17, 15) is 0 Å². The van der Waals surface area contributed by atoms with Crippen molar-refractivity contribution >= 4 is 0 Å². The molecule has 102 valence electrons. The lowest BCUT2D eigenvalue weighted by atomic mass is 10.0. The summed E-state index contributed by atoms with van der Waals surface area (Å²) in [5.74, 6) is 1.22. The van der Waals surface area contributed by atoms with E-state index in [0.29, 0.717) is 18.3 Å². The number of ether oxygens (including phenoxy) is 1. The van der Waals surface area contributed by atoms with Crippen LogP contribution >= 0.6 is 0 Å². The third-order valence-corrected chi connectivity index (χ3v) is 3.60. The van der Waals surface area contributed by atoms with E-state index in [0.717, 1.165) is 38.5 Å². The molecule has 5 heteroatoms. The Hall–Kier alpha value is -0.940. The summed E-state index contributed by atoms with van der Waals surface area (Å²) in [5.41, 5.74) is 5.67. The van der Waals surface area contributed by atoms with E-state index in [2.05, 4.69) is 17.1 Å². The largest absolute Gasteiger partial charge is 0.367 e. The van der Waals surface area contributed by atoms with Crippen LogP contribution in [0.5, 0.6) is 0 Å². The van der Waals surface area contributed by atoms with Crippen molar-refractivity contribution in [2.24, 2.45) is 5.73 Å².